The summed E-state index contributed by atoms with van der Waals surface area (Å²) in [5.74, 6) is -0.279. The minimum absolute atomic E-state index is 0.0850. The molecule has 164 valence electrons. The molecule has 1 aliphatic rings. The Morgan fingerprint density at radius 2 is 2.06 bits per heavy atom. The predicted octanol–water partition coefficient (Wildman–Crippen LogP) is 4.07. The van der Waals surface area contributed by atoms with Crippen LogP contribution in [0.5, 0.6) is 0 Å². The van der Waals surface area contributed by atoms with Crippen LogP contribution < -0.4 is 10.2 Å². The maximum Gasteiger partial charge on any atom is 0.414 e. The molecule has 4 rings (SSSR count). The third kappa shape index (κ3) is 4.44. The summed E-state index contributed by atoms with van der Waals surface area (Å²) in [4.78, 5) is 40.0. The normalized spacial score (nSPS) is 16.5. The number of benzene rings is 1. The lowest BCUT2D eigenvalue weighted by molar-refractivity contribution is 0.0939. The van der Waals surface area contributed by atoms with Crippen LogP contribution in [0.4, 0.5) is 10.5 Å². The summed E-state index contributed by atoms with van der Waals surface area (Å²) in [6.07, 6.45) is 6.89. The van der Waals surface area contributed by atoms with Gasteiger partial charge in [-0.2, -0.15) is 0 Å². The van der Waals surface area contributed by atoms with Gasteiger partial charge in [-0.05, 0) is 50.1 Å². The lowest BCUT2D eigenvalue weighted by atomic mass is 10.0. The van der Waals surface area contributed by atoms with Crippen molar-refractivity contribution in [2.45, 2.75) is 39.3 Å². The molecule has 2 amide bonds. The average Bonchev–Trinajstić information content (AvgIpc) is 3.20. The van der Waals surface area contributed by atoms with Crippen LogP contribution in [0.15, 0.2) is 55.1 Å². The minimum atomic E-state index is -0.412. The molecule has 0 spiro atoms. The summed E-state index contributed by atoms with van der Waals surface area (Å²) in [6, 6.07) is 8.81. The number of amides is 2. The Labute approximate surface area is 186 Å². The van der Waals surface area contributed by atoms with Crippen LogP contribution in [0.1, 0.15) is 47.9 Å². The first kappa shape index (κ1) is 21.4. The second kappa shape index (κ2) is 9.13. The number of pyridine rings is 1. The molecule has 8 nitrogen and oxygen atoms in total. The summed E-state index contributed by atoms with van der Waals surface area (Å²) in [5.41, 5.74) is 4.19. The number of carbonyl (C=O) groups excluding carboxylic acids is 2. The first-order valence-corrected chi connectivity index (χ1v) is 10.6. The molecule has 0 bridgehead atoms. The van der Waals surface area contributed by atoms with Gasteiger partial charge >= 0.3 is 6.09 Å². The van der Waals surface area contributed by atoms with Crippen molar-refractivity contribution < 1.29 is 14.3 Å². The second-order valence-corrected chi connectivity index (χ2v) is 7.82. The fourth-order valence-electron chi connectivity index (χ4n) is 3.63. The number of nitrogens with one attached hydrogen (secondary N) is 1. The molecule has 1 saturated heterocycles. The standard InChI is InChI=1S/C24H25N5O3/c1-4-19-14-32-24(31)29(19)20-10-17(21-6-5-15(2)12-27-21)9-18(11-20)23(30)28-16(3)22-13-25-7-8-26-22/h5-13,16,19H,4,14H2,1-3H3,(H,28,30). The van der Waals surface area contributed by atoms with Crippen molar-refractivity contribution in [3.05, 3.63) is 71.9 Å². The molecule has 2 atom stereocenters. The lowest BCUT2D eigenvalue weighted by Gasteiger charge is -2.22. The molecule has 3 aromatic rings. The molecule has 32 heavy (non-hydrogen) atoms. The fourth-order valence-corrected chi connectivity index (χ4v) is 3.63. The SMILES string of the molecule is CCC1COC(=O)N1c1cc(C(=O)NC(C)c2cnccn2)cc(-c2ccc(C)cn2)c1. The molecular weight excluding hydrogens is 406 g/mol. The summed E-state index contributed by atoms with van der Waals surface area (Å²) in [7, 11) is 0. The third-order valence-corrected chi connectivity index (χ3v) is 5.47. The number of rotatable bonds is 6. The van der Waals surface area contributed by atoms with E-state index in [2.05, 4.69) is 20.3 Å². The van der Waals surface area contributed by atoms with Crippen molar-refractivity contribution in [1.82, 2.24) is 20.3 Å². The summed E-state index contributed by atoms with van der Waals surface area (Å²) in [6.45, 7) is 6.14. The van der Waals surface area contributed by atoms with Gasteiger partial charge in [0.05, 0.1) is 29.7 Å². The summed E-state index contributed by atoms with van der Waals surface area (Å²) < 4.78 is 5.26. The van der Waals surface area contributed by atoms with E-state index in [-0.39, 0.29) is 18.0 Å². The molecule has 1 fully saturated rings. The molecule has 2 unspecified atom stereocenters. The van der Waals surface area contributed by atoms with Crippen LogP contribution in [0.2, 0.25) is 0 Å². The number of hydrogen-bond donors (Lipinski definition) is 1. The van der Waals surface area contributed by atoms with Gasteiger partial charge < -0.3 is 10.1 Å². The van der Waals surface area contributed by atoms with Gasteiger partial charge in [0.1, 0.15) is 6.61 Å². The Bertz CT molecular complexity index is 1120. The maximum atomic E-state index is 13.2. The topological polar surface area (TPSA) is 97.3 Å². The van der Waals surface area contributed by atoms with E-state index in [1.165, 1.54) is 0 Å². The lowest BCUT2D eigenvalue weighted by Crippen LogP contribution is -2.33. The fraction of sp³-hybridized carbons (Fsp3) is 0.292. The van der Waals surface area contributed by atoms with E-state index >= 15 is 0 Å². The smallest absolute Gasteiger partial charge is 0.414 e. The van der Waals surface area contributed by atoms with E-state index in [1.807, 2.05) is 39.0 Å². The minimum Gasteiger partial charge on any atom is -0.447 e. The van der Waals surface area contributed by atoms with Crippen molar-refractivity contribution in [1.29, 1.82) is 0 Å². The Kier molecular flexibility index (Phi) is 6.11. The number of cyclic esters (lactones) is 1. The first-order valence-electron chi connectivity index (χ1n) is 10.6. The molecule has 0 aliphatic carbocycles. The maximum absolute atomic E-state index is 13.2. The van der Waals surface area contributed by atoms with Crippen molar-refractivity contribution in [3.63, 3.8) is 0 Å². The number of hydrogen-bond acceptors (Lipinski definition) is 6. The number of aryl methyl sites for hydroxylation is 1. The van der Waals surface area contributed by atoms with Gasteiger partial charge in [-0.3, -0.25) is 24.6 Å². The molecule has 3 heterocycles. The Morgan fingerprint density at radius 3 is 2.75 bits per heavy atom. The highest BCUT2D eigenvalue weighted by Gasteiger charge is 2.33. The quantitative estimate of drug-likeness (QED) is 0.632. The summed E-state index contributed by atoms with van der Waals surface area (Å²) >= 11 is 0. The first-order chi connectivity index (χ1) is 15.5. The molecule has 1 N–H and O–H groups in total. The van der Waals surface area contributed by atoms with Crippen molar-refractivity contribution in [2.75, 3.05) is 11.5 Å². The van der Waals surface area contributed by atoms with Crippen molar-refractivity contribution >= 4 is 17.7 Å². The third-order valence-electron chi connectivity index (χ3n) is 5.47. The highest BCUT2D eigenvalue weighted by atomic mass is 16.6. The van der Waals surface area contributed by atoms with Gasteiger partial charge in [-0.15, -0.1) is 0 Å². The highest BCUT2D eigenvalue weighted by molar-refractivity contribution is 5.99. The molecule has 0 saturated carbocycles. The molecular formula is C24H25N5O3. The average molecular weight is 431 g/mol. The zero-order valence-corrected chi connectivity index (χ0v) is 18.3. The molecule has 1 aromatic carbocycles. The molecule has 2 aromatic heterocycles. The van der Waals surface area contributed by atoms with E-state index in [0.29, 0.717) is 29.2 Å². The van der Waals surface area contributed by atoms with Gasteiger partial charge in [-0.25, -0.2) is 4.79 Å². The zero-order valence-electron chi connectivity index (χ0n) is 18.3. The van der Waals surface area contributed by atoms with Crippen LogP contribution in [-0.4, -0.2) is 39.6 Å². The van der Waals surface area contributed by atoms with Crippen LogP contribution in [0.3, 0.4) is 0 Å². The molecule has 1 aliphatic heterocycles. The van der Waals surface area contributed by atoms with E-state index in [4.69, 9.17) is 4.74 Å². The van der Waals surface area contributed by atoms with Crippen LogP contribution in [0, 0.1) is 6.92 Å². The molecule has 0 radical (unpaired) electrons. The molecule has 8 heteroatoms. The highest BCUT2D eigenvalue weighted by Crippen LogP contribution is 2.31. The van der Waals surface area contributed by atoms with Crippen molar-refractivity contribution in [3.8, 4) is 11.3 Å². The van der Waals surface area contributed by atoms with Gasteiger partial charge in [-0.1, -0.05) is 13.0 Å². The number of anilines is 1. The monoisotopic (exact) mass is 431 g/mol. The van der Waals surface area contributed by atoms with E-state index in [9.17, 15) is 9.59 Å². The second-order valence-electron chi connectivity index (χ2n) is 7.82. The predicted molar refractivity (Wildman–Crippen MR) is 120 cm³/mol. The van der Waals surface area contributed by atoms with Crippen molar-refractivity contribution in [2.24, 2.45) is 0 Å². The number of carbonyl (C=O) groups is 2. The number of nitrogens with zero attached hydrogens (tertiary/aromatic N) is 4. The Balaban J connectivity index is 1.72. The van der Waals surface area contributed by atoms with E-state index in [0.717, 1.165) is 17.5 Å². The van der Waals surface area contributed by atoms with Crippen LogP contribution in [0.25, 0.3) is 11.3 Å². The van der Waals surface area contributed by atoms with Crippen LogP contribution in [-0.2, 0) is 4.74 Å². The van der Waals surface area contributed by atoms with Gasteiger partial charge in [0.25, 0.3) is 5.91 Å². The Morgan fingerprint density at radius 1 is 1.22 bits per heavy atom. The summed E-state index contributed by atoms with van der Waals surface area (Å²) in [5, 5.41) is 2.96. The Hall–Kier alpha value is -3.81. The van der Waals surface area contributed by atoms with E-state index in [1.54, 1.807) is 41.8 Å². The zero-order chi connectivity index (χ0) is 22.7. The van der Waals surface area contributed by atoms with Crippen LogP contribution >= 0.6 is 0 Å². The van der Waals surface area contributed by atoms with Gasteiger partial charge in [0.15, 0.2) is 0 Å². The van der Waals surface area contributed by atoms with E-state index < -0.39 is 6.09 Å². The van der Waals surface area contributed by atoms with Gasteiger partial charge in [0.2, 0.25) is 0 Å². The number of ether oxygens (including phenoxy) is 1. The largest absolute Gasteiger partial charge is 0.447 e. The number of aromatic nitrogens is 3. The van der Waals surface area contributed by atoms with Gasteiger partial charge in [0, 0.05) is 35.4 Å².